The molecule has 2 heterocycles. The zero-order valence-corrected chi connectivity index (χ0v) is 15.8. The number of nitrogens with zero attached hydrogens (tertiary/aromatic N) is 1. The molecule has 5 heteroatoms. The molecule has 26 heavy (non-hydrogen) atoms. The molecule has 0 spiro atoms. The van der Waals surface area contributed by atoms with E-state index in [1.54, 1.807) is 19.1 Å². The Labute approximate surface area is 152 Å². The number of aromatic nitrogens is 2. The number of hydrogen-bond donors (Lipinski definition) is 1. The quantitative estimate of drug-likeness (QED) is 0.568. The molecule has 2 aromatic carbocycles. The Balaban J connectivity index is 2.07. The second-order valence-corrected chi connectivity index (χ2v) is 8.98. The Hall–Kier alpha value is -2.66. The van der Waals surface area contributed by atoms with E-state index in [1.165, 1.54) is 0 Å². The van der Waals surface area contributed by atoms with Crippen molar-refractivity contribution in [2.45, 2.75) is 25.7 Å². The maximum atomic E-state index is 12.3. The van der Waals surface area contributed by atoms with Gasteiger partial charge in [0, 0.05) is 22.5 Å². The number of rotatable bonds is 3. The molecule has 0 radical (unpaired) electrons. The summed E-state index contributed by atoms with van der Waals surface area (Å²) in [5.41, 5.74) is 5.97. The number of nitrogens with one attached hydrogen (secondary N) is 1. The first-order chi connectivity index (χ1) is 12.4. The van der Waals surface area contributed by atoms with E-state index < -0.39 is 9.84 Å². The largest absolute Gasteiger partial charge is 0.339 e. The summed E-state index contributed by atoms with van der Waals surface area (Å²) in [6.07, 6.45) is 1.85. The van der Waals surface area contributed by atoms with Crippen LogP contribution >= 0.6 is 0 Å². The predicted molar refractivity (Wildman–Crippen MR) is 106 cm³/mol. The minimum absolute atomic E-state index is 0.0931. The van der Waals surface area contributed by atoms with E-state index >= 15 is 0 Å². The average Bonchev–Trinajstić information content (AvgIpc) is 2.98. The molecule has 0 amide bonds. The van der Waals surface area contributed by atoms with Crippen molar-refractivity contribution in [3.63, 3.8) is 0 Å². The van der Waals surface area contributed by atoms with E-state index in [9.17, 15) is 8.42 Å². The molecular weight excluding hydrogens is 344 g/mol. The predicted octanol–water partition coefficient (Wildman–Crippen LogP) is 4.79. The van der Waals surface area contributed by atoms with Crippen molar-refractivity contribution in [2.75, 3.05) is 5.75 Å². The van der Waals surface area contributed by atoms with Gasteiger partial charge in [0.15, 0.2) is 9.84 Å². The highest BCUT2D eigenvalue weighted by Crippen LogP contribution is 2.36. The number of H-pyrrole nitrogens is 1. The summed E-state index contributed by atoms with van der Waals surface area (Å²) < 4.78 is 24.6. The fraction of sp³-hybridized carbons (Fsp3) is 0.190. The Morgan fingerprint density at radius 2 is 1.85 bits per heavy atom. The van der Waals surface area contributed by atoms with Crippen molar-refractivity contribution >= 4 is 31.8 Å². The third kappa shape index (κ3) is 2.69. The van der Waals surface area contributed by atoms with Crippen molar-refractivity contribution in [3.8, 4) is 11.1 Å². The van der Waals surface area contributed by atoms with Crippen LogP contribution in [0.25, 0.3) is 33.1 Å². The minimum Gasteiger partial charge on any atom is -0.339 e. The van der Waals surface area contributed by atoms with E-state index in [0.29, 0.717) is 4.90 Å². The van der Waals surface area contributed by atoms with Gasteiger partial charge in [0.25, 0.3) is 0 Å². The average molecular weight is 364 g/mol. The van der Waals surface area contributed by atoms with Crippen molar-refractivity contribution in [2.24, 2.45) is 0 Å². The molecule has 0 aliphatic rings. The Morgan fingerprint density at radius 1 is 1.04 bits per heavy atom. The SMILES string of the molecule is CCS(=O)(=O)c1cccc(-c2cc(C)cc3[nH]c4ncc(C)cc4c23)c1. The van der Waals surface area contributed by atoms with Crippen LogP contribution in [-0.2, 0) is 9.84 Å². The maximum Gasteiger partial charge on any atom is 0.178 e. The van der Waals surface area contributed by atoms with Crippen LogP contribution in [0.2, 0.25) is 0 Å². The van der Waals surface area contributed by atoms with Crippen LogP contribution < -0.4 is 0 Å². The van der Waals surface area contributed by atoms with Gasteiger partial charge in [-0.25, -0.2) is 13.4 Å². The standard InChI is InChI=1S/C21H20N2O2S/c1-4-26(24,25)16-7-5-6-15(11-16)17-8-13(2)10-19-20(17)18-9-14(3)12-22-21(18)23-19/h5-12H,4H2,1-3H3,(H,22,23). The summed E-state index contributed by atoms with van der Waals surface area (Å²) in [6, 6.07) is 13.5. The summed E-state index contributed by atoms with van der Waals surface area (Å²) in [5.74, 6) is 0.0931. The second-order valence-electron chi connectivity index (χ2n) is 6.70. The molecule has 0 fully saturated rings. The number of benzene rings is 2. The van der Waals surface area contributed by atoms with Crippen LogP contribution in [0.3, 0.4) is 0 Å². The summed E-state index contributed by atoms with van der Waals surface area (Å²) in [6.45, 7) is 5.73. The summed E-state index contributed by atoms with van der Waals surface area (Å²) >= 11 is 0. The molecule has 0 saturated carbocycles. The molecule has 0 unspecified atom stereocenters. The number of pyridine rings is 1. The van der Waals surface area contributed by atoms with Crippen molar-refractivity contribution < 1.29 is 8.42 Å². The molecule has 0 aliphatic heterocycles. The smallest absolute Gasteiger partial charge is 0.178 e. The highest BCUT2D eigenvalue weighted by atomic mass is 32.2. The molecular formula is C21H20N2O2S. The van der Waals surface area contributed by atoms with Crippen LogP contribution in [0.1, 0.15) is 18.1 Å². The number of aromatic amines is 1. The van der Waals surface area contributed by atoms with Crippen molar-refractivity contribution in [3.05, 3.63) is 59.8 Å². The molecule has 4 rings (SSSR count). The number of fused-ring (bicyclic) bond motifs is 3. The third-order valence-corrected chi connectivity index (χ3v) is 6.45. The lowest BCUT2D eigenvalue weighted by Gasteiger charge is -2.09. The van der Waals surface area contributed by atoms with Gasteiger partial charge in [0.05, 0.1) is 10.6 Å². The lowest BCUT2D eigenvalue weighted by molar-refractivity contribution is 0.597. The fourth-order valence-electron chi connectivity index (χ4n) is 3.41. The molecule has 0 atom stereocenters. The number of sulfone groups is 1. The topological polar surface area (TPSA) is 62.8 Å². The molecule has 4 aromatic rings. The molecule has 2 aromatic heterocycles. The Kier molecular flexibility index (Phi) is 3.84. The minimum atomic E-state index is -3.25. The van der Waals surface area contributed by atoms with Gasteiger partial charge in [0.2, 0.25) is 0 Å². The highest BCUT2D eigenvalue weighted by molar-refractivity contribution is 7.91. The zero-order valence-electron chi connectivity index (χ0n) is 15.0. The van der Waals surface area contributed by atoms with E-state index in [-0.39, 0.29) is 5.75 Å². The first kappa shape index (κ1) is 16.8. The molecule has 1 N–H and O–H groups in total. The molecule has 0 aliphatic carbocycles. The second kappa shape index (κ2) is 5.95. The monoisotopic (exact) mass is 364 g/mol. The van der Waals surface area contributed by atoms with E-state index in [0.717, 1.165) is 44.2 Å². The molecule has 132 valence electrons. The van der Waals surface area contributed by atoms with Gasteiger partial charge in [-0.05, 0) is 60.4 Å². The third-order valence-electron chi connectivity index (χ3n) is 4.71. The lowest BCUT2D eigenvalue weighted by Crippen LogP contribution is -2.03. The summed E-state index contributed by atoms with van der Waals surface area (Å²) in [4.78, 5) is 8.25. The van der Waals surface area contributed by atoms with Gasteiger partial charge in [0.1, 0.15) is 5.65 Å². The molecule has 4 nitrogen and oxygen atoms in total. The summed E-state index contributed by atoms with van der Waals surface area (Å²) in [5, 5.41) is 2.13. The zero-order chi connectivity index (χ0) is 18.5. The van der Waals surface area contributed by atoms with Crippen LogP contribution in [0.5, 0.6) is 0 Å². The number of aryl methyl sites for hydroxylation is 2. The first-order valence-corrected chi connectivity index (χ1v) is 10.3. The normalized spacial score (nSPS) is 12.1. The van der Waals surface area contributed by atoms with Crippen LogP contribution in [0.15, 0.2) is 53.6 Å². The van der Waals surface area contributed by atoms with Crippen LogP contribution in [-0.4, -0.2) is 24.1 Å². The van der Waals surface area contributed by atoms with Crippen LogP contribution in [0.4, 0.5) is 0 Å². The highest BCUT2D eigenvalue weighted by Gasteiger charge is 2.16. The van der Waals surface area contributed by atoms with Gasteiger partial charge >= 0.3 is 0 Å². The summed E-state index contributed by atoms with van der Waals surface area (Å²) in [7, 11) is -3.25. The lowest BCUT2D eigenvalue weighted by atomic mass is 9.97. The van der Waals surface area contributed by atoms with E-state index in [2.05, 4.69) is 28.2 Å². The van der Waals surface area contributed by atoms with Gasteiger partial charge in [-0.3, -0.25) is 0 Å². The fourth-order valence-corrected chi connectivity index (χ4v) is 4.34. The molecule has 0 bridgehead atoms. The molecule has 0 saturated heterocycles. The van der Waals surface area contributed by atoms with Gasteiger partial charge in [-0.15, -0.1) is 0 Å². The maximum absolute atomic E-state index is 12.3. The first-order valence-electron chi connectivity index (χ1n) is 8.61. The van der Waals surface area contributed by atoms with Gasteiger partial charge in [-0.2, -0.15) is 0 Å². The van der Waals surface area contributed by atoms with Gasteiger partial charge in [-0.1, -0.05) is 25.1 Å². The van der Waals surface area contributed by atoms with Crippen LogP contribution in [0, 0.1) is 13.8 Å². The van der Waals surface area contributed by atoms with Crippen molar-refractivity contribution in [1.29, 1.82) is 0 Å². The number of hydrogen-bond acceptors (Lipinski definition) is 3. The van der Waals surface area contributed by atoms with E-state index in [1.807, 2.05) is 32.2 Å². The van der Waals surface area contributed by atoms with Gasteiger partial charge < -0.3 is 4.98 Å². The Bertz CT molecular complexity index is 1250. The Morgan fingerprint density at radius 3 is 2.62 bits per heavy atom. The van der Waals surface area contributed by atoms with E-state index in [4.69, 9.17) is 0 Å². The van der Waals surface area contributed by atoms with Crippen molar-refractivity contribution in [1.82, 2.24) is 9.97 Å².